The zero-order valence-electron chi connectivity index (χ0n) is 10.5. The third kappa shape index (κ3) is 2.16. The van der Waals surface area contributed by atoms with Crippen molar-refractivity contribution in [3.05, 3.63) is 54.0 Å². The van der Waals surface area contributed by atoms with E-state index in [-0.39, 0.29) is 11.8 Å². The molecule has 20 heavy (non-hydrogen) atoms. The fraction of sp³-hybridized carbons (Fsp3) is 0.0714. The van der Waals surface area contributed by atoms with Crippen molar-refractivity contribution >= 4 is 10.9 Å². The second kappa shape index (κ2) is 4.80. The van der Waals surface area contributed by atoms with Gasteiger partial charge in [0.2, 0.25) is 5.82 Å². The van der Waals surface area contributed by atoms with Crippen molar-refractivity contribution in [2.75, 3.05) is 0 Å². The van der Waals surface area contributed by atoms with Gasteiger partial charge in [0.15, 0.2) is 11.6 Å². The molecule has 0 N–H and O–H groups in total. The van der Waals surface area contributed by atoms with E-state index in [0.717, 1.165) is 11.5 Å². The number of pyridine rings is 1. The summed E-state index contributed by atoms with van der Waals surface area (Å²) in [5.74, 6) is -2.31. The predicted octanol–water partition coefficient (Wildman–Crippen LogP) is 3.40. The first-order valence-corrected chi connectivity index (χ1v) is 5.85. The summed E-state index contributed by atoms with van der Waals surface area (Å²) >= 11 is 0. The molecule has 1 aromatic carbocycles. The molecule has 2 aromatic heterocycles. The maximum Gasteiger partial charge on any atom is 0.322 e. The first-order valence-electron chi connectivity index (χ1n) is 5.85. The molecule has 100 valence electrons. The van der Waals surface area contributed by atoms with Gasteiger partial charge in [-0.1, -0.05) is 6.07 Å². The minimum Gasteiger partial charge on any atom is -0.421 e. The Hall–Kier alpha value is -2.63. The minimum absolute atomic E-state index is 0.0486. The van der Waals surface area contributed by atoms with E-state index < -0.39 is 11.6 Å². The van der Waals surface area contributed by atoms with E-state index in [0.29, 0.717) is 11.2 Å². The highest BCUT2D eigenvalue weighted by Crippen LogP contribution is 2.25. The minimum atomic E-state index is -1.07. The van der Waals surface area contributed by atoms with Crippen LogP contribution in [0.15, 0.2) is 36.7 Å². The number of nitrogens with zero attached hydrogens (tertiary/aromatic N) is 3. The third-order valence-electron chi connectivity index (χ3n) is 2.79. The first kappa shape index (κ1) is 12.4. The van der Waals surface area contributed by atoms with E-state index in [1.807, 2.05) is 0 Å². The summed E-state index contributed by atoms with van der Waals surface area (Å²) in [6.07, 6.45) is 3.18. The summed E-state index contributed by atoms with van der Waals surface area (Å²) in [4.78, 5) is 12.2. The van der Waals surface area contributed by atoms with Crippen LogP contribution in [0.1, 0.15) is 5.69 Å². The van der Waals surface area contributed by atoms with Gasteiger partial charge in [-0.05, 0) is 25.1 Å². The maximum absolute atomic E-state index is 13.5. The fourth-order valence-electron chi connectivity index (χ4n) is 1.82. The van der Waals surface area contributed by atoms with Crippen molar-refractivity contribution in [3.63, 3.8) is 0 Å². The Labute approximate surface area is 113 Å². The van der Waals surface area contributed by atoms with Gasteiger partial charge in [0.1, 0.15) is 0 Å². The molecule has 0 spiro atoms. The van der Waals surface area contributed by atoms with Crippen molar-refractivity contribution in [3.8, 4) is 11.8 Å². The molecule has 3 rings (SSSR count). The van der Waals surface area contributed by atoms with Crippen LogP contribution in [0.4, 0.5) is 8.78 Å². The lowest BCUT2D eigenvalue weighted by molar-refractivity contribution is 0.394. The number of hydrogen-bond acceptors (Lipinski definition) is 4. The fourth-order valence-corrected chi connectivity index (χ4v) is 1.82. The van der Waals surface area contributed by atoms with Crippen molar-refractivity contribution in [2.45, 2.75) is 6.92 Å². The van der Waals surface area contributed by atoms with Crippen molar-refractivity contribution < 1.29 is 13.5 Å². The third-order valence-corrected chi connectivity index (χ3v) is 2.79. The van der Waals surface area contributed by atoms with Crippen LogP contribution in [0, 0.1) is 18.6 Å². The highest BCUT2D eigenvalue weighted by Gasteiger charge is 2.12. The smallest absolute Gasteiger partial charge is 0.322 e. The summed E-state index contributed by atoms with van der Waals surface area (Å²) in [6.45, 7) is 1.78. The molecule has 0 saturated heterocycles. The second-order valence-corrected chi connectivity index (χ2v) is 4.14. The molecule has 6 heteroatoms. The first-order chi connectivity index (χ1) is 9.65. The molecule has 0 aliphatic rings. The Kier molecular flexibility index (Phi) is 2.98. The summed E-state index contributed by atoms with van der Waals surface area (Å²) in [5.41, 5.74) is 1.25. The maximum atomic E-state index is 13.5. The Morgan fingerprint density at radius 1 is 1.10 bits per heavy atom. The summed E-state index contributed by atoms with van der Waals surface area (Å²) in [6, 6.07) is 5.40. The molecule has 0 unspecified atom stereocenters. The molecule has 0 atom stereocenters. The molecule has 0 aliphatic carbocycles. The van der Waals surface area contributed by atoms with Crippen LogP contribution in [-0.4, -0.2) is 15.0 Å². The highest BCUT2D eigenvalue weighted by molar-refractivity contribution is 5.79. The van der Waals surface area contributed by atoms with Crippen LogP contribution in [0.3, 0.4) is 0 Å². The highest BCUT2D eigenvalue weighted by atomic mass is 19.2. The Bertz CT molecular complexity index is 792. The van der Waals surface area contributed by atoms with Gasteiger partial charge in [-0.2, -0.15) is 14.4 Å². The van der Waals surface area contributed by atoms with Crippen molar-refractivity contribution in [1.29, 1.82) is 0 Å². The quantitative estimate of drug-likeness (QED) is 0.718. The van der Waals surface area contributed by atoms with E-state index in [1.165, 1.54) is 12.1 Å². The molecule has 2 heterocycles. The van der Waals surface area contributed by atoms with Crippen molar-refractivity contribution in [1.82, 2.24) is 15.0 Å². The Balaban J connectivity index is 2.05. The average Bonchev–Trinajstić information content (AvgIpc) is 2.44. The molecule has 0 amide bonds. The lowest BCUT2D eigenvalue weighted by Crippen LogP contribution is -1.98. The van der Waals surface area contributed by atoms with Crippen LogP contribution in [0.5, 0.6) is 11.8 Å². The molecule has 0 radical (unpaired) electrons. The molecular weight excluding hydrogens is 264 g/mol. The van der Waals surface area contributed by atoms with Gasteiger partial charge in [-0.3, -0.25) is 4.98 Å². The molecule has 0 bridgehead atoms. The van der Waals surface area contributed by atoms with E-state index in [9.17, 15) is 8.78 Å². The van der Waals surface area contributed by atoms with E-state index in [4.69, 9.17) is 4.74 Å². The zero-order chi connectivity index (χ0) is 14.1. The lowest BCUT2D eigenvalue weighted by atomic mass is 10.2. The van der Waals surface area contributed by atoms with Crippen LogP contribution < -0.4 is 4.74 Å². The number of hydrogen-bond donors (Lipinski definition) is 0. The summed E-state index contributed by atoms with van der Waals surface area (Å²) in [7, 11) is 0. The number of rotatable bonds is 2. The SMILES string of the molecule is Cc1nc(Oc2cccc(F)c2F)nc2cnccc12. The molecular formula is C14H9F2N3O. The van der Waals surface area contributed by atoms with Gasteiger partial charge in [0.05, 0.1) is 17.4 Å². The van der Waals surface area contributed by atoms with Crippen molar-refractivity contribution in [2.24, 2.45) is 0 Å². The lowest BCUT2D eigenvalue weighted by Gasteiger charge is -2.07. The van der Waals surface area contributed by atoms with Gasteiger partial charge in [-0.15, -0.1) is 0 Å². The van der Waals surface area contributed by atoms with E-state index >= 15 is 0 Å². The number of fused-ring (bicyclic) bond motifs is 1. The predicted molar refractivity (Wildman–Crippen MR) is 68.5 cm³/mol. The standard InChI is InChI=1S/C14H9F2N3O/c1-8-9-5-6-17-7-11(9)19-14(18-8)20-12-4-2-3-10(15)13(12)16/h2-7H,1H3. The van der Waals surface area contributed by atoms with Gasteiger partial charge < -0.3 is 4.74 Å². The number of aryl methyl sites for hydroxylation is 1. The van der Waals surface area contributed by atoms with E-state index in [1.54, 1.807) is 25.4 Å². The molecule has 0 fully saturated rings. The Morgan fingerprint density at radius 2 is 1.95 bits per heavy atom. The number of benzene rings is 1. The van der Waals surface area contributed by atoms with Crippen LogP contribution in [0.25, 0.3) is 10.9 Å². The zero-order valence-corrected chi connectivity index (χ0v) is 10.5. The normalized spacial score (nSPS) is 10.8. The summed E-state index contributed by atoms with van der Waals surface area (Å²) in [5, 5.41) is 0.826. The van der Waals surface area contributed by atoms with Gasteiger partial charge >= 0.3 is 6.01 Å². The Morgan fingerprint density at radius 3 is 2.80 bits per heavy atom. The average molecular weight is 273 g/mol. The van der Waals surface area contributed by atoms with Gasteiger partial charge in [-0.25, -0.2) is 4.39 Å². The topological polar surface area (TPSA) is 47.9 Å². The molecule has 4 nitrogen and oxygen atoms in total. The second-order valence-electron chi connectivity index (χ2n) is 4.14. The van der Waals surface area contributed by atoms with Crippen LogP contribution >= 0.6 is 0 Å². The molecule has 0 saturated carbocycles. The summed E-state index contributed by atoms with van der Waals surface area (Å²) < 4.78 is 31.9. The number of halogens is 2. The monoisotopic (exact) mass is 273 g/mol. The van der Waals surface area contributed by atoms with Gasteiger partial charge in [0, 0.05) is 11.6 Å². The number of ether oxygens (including phenoxy) is 1. The number of aromatic nitrogens is 3. The molecule has 3 aromatic rings. The largest absolute Gasteiger partial charge is 0.421 e. The van der Waals surface area contributed by atoms with Crippen LogP contribution in [-0.2, 0) is 0 Å². The van der Waals surface area contributed by atoms with Gasteiger partial charge in [0.25, 0.3) is 0 Å². The molecule has 0 aliphatic heterocycles. The van der Waals surface area contributed by atoms with Crippen LogP contribution in [0.2, 0.25) is 0 Å². The van der Waals surface area contributed by atoms with E-state index in [2.05, 4.69) is 15.0 Å².